The van der Waals surface area contributed by atoms with E-state index in [1.807, 2.05) is 0 Å². The van der Waals surface area contributed by atoms with Gasteiger partial charge in [0.1, 0.15) is 17.2 Å². The lowest BCUT2D eigenvalue weighted by Crippen LogP contribution is -2.21. The van der Waals surface area contributed by atoms with Crippen LogP contribution in [-0.2, 0) is 19.5 Å². The molecule has 0 amide bonds. The highest BCUT2D eigenvalue weighted by Crippen LogP contribution is 2.26. The van der Waals surface area contributed by atoms with Crippen LogP contribution in [0.4, 0.5) is 5.69 Å². The molecule has 0 radical (unpaired) electrons. The van der Waals surface area contributed by atoms with Crippen LogP contribution in [0.2, 0.25) is 5.02 Å². The fraction of sp³-hybridized carbons (Fsp3) is 0.214. The van der Waals surface area contributed by atoms with Crippen LogP contribution >= 0.6 is 11.6 Å². The third-order valence-corrected chi connectivity index (χ3v) is 4.94. The van der Waals surface area contributed by atoms with Gasteiger partial charge in [-0.2, -0.15) is 0 Å². The molecule has 1 heterocycles. The van der Waals surface area contributed by atoms with Crippen molar-refractivity contribution in [2.24, 2.45) is 0 Å². The van der Waals surface area contributed by atoms with Crippen molar-refractivity contribution in [2.75, 3.05) is 26.1 Å². The van der Waals surface area contributed by atoms with E-state index in [0.29, 0.717) is 0 Å². The Labute approximate surface area is 138 Å². The van der Waals surface area contributed by atoms with Crippen LogP contribution < -0.4 is 5.73 Å². The molecule has 0 saturated heterocycles. The molecule has 0 saturated carbocycles. The predicted octanol–water partition coefficient (Wildman–Crippen LogP) is 1.76. The summed E-state index contributed by atoms with van der Waals surface area (Å²) in [5, 5.41) is 0.217. The molecule has 0 spiro atoms. The first-order chi connectivity index (χ1) is 10.9. The number of rotatable bonds is 6. The van der Waals surface area contributed by atoms with E-state index in [1.165, 1.54) is 43.6 Å². The van der Waals surface area contributed by atoms with E-state index in [-0.39, 0.29) is 34.5 Å². The topological polar surface area (TPSA) is 101 Å². The summed E-state index contributed by atoms with van der Waals surface area (Å²) < 4.78 is 36.0. The zero-order chi connectivity index (χ0) is 17.0. The zero-order valence-electron chi connectivity index (χ0n) is 12.2. The highest BCUT2D eigenvalue weighted by atomic mass is 35.5. The lowest BCUT2D eigenvalue weighted by atomic mass is 10.3. The van der Waals surface area contributed by atoms with E-state index in [0.717, 1.165) is 3.97 Å². The van der Waals surface area contributed by atoms with Crippen LogP contribution in [0.5, 0.6) is 0 Å². The summed E-state index contributed by atoms with van der Waals surface area (Å²) in [7, 11) is -2.62. The molecule has 124 valence electrons. The molecule has 23 heavy (non-hydrogen) atoms. The third kappa shape index (κ3) is 3.66. The number of methoxy groups -OCH3 is 1. The largest absolute Gasteiger partial charge is 0.459 e. The number of carbonyl (C=O) groups excluding carboxylic acids is 1. The first-order valence-electron chi connectivity index (χ1n) is 6.52. The molecule has 7 nitrogen and oxygen atoms in total. The average molecular weight is 359 g/mol. The Morgan fingerprint density at radius 1 is 1.30 bits per heavy atom. The van der Waals surface area contributed by atoms with E-state index in [2.05, 4.69) is 0 Å². The highest BCUT2D eigenvalue weighted by molar-refractivity contribution is 7.90. The maximum Gasteiger partial charge on any atom is 0.356 e. The Morgan fingerprint density at radius 2 is 2.04 bits per heavy atom. The lowest BCUT2D eigenvalue weighted by molar-refractivity contribution is 0.0380. The van der Waals surface area contributed by atoms with Gasteiger partial charge in [0, 0.05) is 18.3 Å². The van der Waals surface area contributed by atoms with Gasteiger partial charge in [-0.05, 0) is 30.3 Å². The summed E-state index contributed by atoms with van der Waals surface area (Å²) in [6.45, 7) is 0.223. The maximum atomic E-state index is 12.7. The van der Waals surface area contributed by atoms with E-state index in [1.54, 1.807) is 0 Å². The Hall–Kier alpha value is -2.03. The number of halogens is 1. The van der Waals surface area contributed by atoms with Crippen LogP contribution in [0.15, 0.2) is 41.4 Å². The van der Waals surface area contributed by atoms with Gasteiger partial charge in [0.2, 0.25) is 0 Å². The van der Waals surface area contributed by atoms with Gasteiger partial charge in [-0.3, -0.25) is 0 Å². The first-order valence-corrected chi connectivity index (χ1v) is 8.33. The summed E-state index contributed by atoms with van der Waals surface area (Å²) in [5.41, 5.74) is 5.61. The summed E-state index contributed by atoms with van der Waals surface area (Å²) in [4.78, 5) is 11.8. The molecule has 0 aliphatic rings. The van der Waals surface area contributed by atoms with Crippen molar-refractivity contribution in [2.45, 2.75) is 4.90 Å². The van der Waals surface area contributed by atoms with Crippen LogP contribution in [0.3, 0.4) is 0 Å². The van der Waals surface area contributed by atoms with Gasteiger partial charge >= 0.3 is 5.97 Å². The molecular weight excluding hydrogens is 344 g/mol. The number of aromatic nitrogens is 1. The molecule has 0 aliphatic carbocycles. The van der Waals surface area contributed by atoms with Crippen molar-refractivity contribution in [3.63, 3.8) is 0 Å². The number of ether oxygens (including phenoxy) is 2. The summed E-state index contributed by atoms with van der Waals surface area (Å²) >= 11 is 5.84. The van der Waals surface area contributed by atoms with Crippen molar-refractivity contribution >= 4 is 33.3 Å². The second-order valence-electron chi connectivity index (χ2n) is 4.51. The van der Waals surface area contributed by atoms with Crippen LogP contribution in [0, 0.1) is 0 Å². The van der Waals surface area contributed by atoms with Crippen LogP contribution in [0.1, 0.15) is 10.5 Å². The fourth-order valence-corrected chi connectivity index (χ4v) is 3.58. The average Bonchev–Trinajstić information content (AvgIpc) is 3.00. The van der Waals surface area contributed by atoms with Crippen LogP contribution in [-0.4, -0.2) is 38.7 Å². The molecule has 0 unspecified atom stereocenters. The van der Waals surface area contributed by atoms with Gasteiger partial charge in [0.05, 0.1) is 12.3 Å². The Bertz CT molecular complexity index is 816. The van der Waals surface area contributed by atoms with Crippen molar-refractivity contribution < 1.29 is 22.7 Å². The monoisotopic (exact) mass is 358 g/mol. The number of hydrogen-bond acceptors (Lipinski definition) is 6. The van der Waals surface area contributed by atoms with Crippen molar-refractivity contribution in [3.05, 3.63) is 47.2 Å². The van der Waals surface area contributed by atoms with Crippen molar-refractivity contribution in [1.29, 1.82) is 0 Å². The molecule has 2 rings (SSSR count). The minimum atomic E-state index is -4.08. The number of hydrogen-bond donors (Lipinski definition) is 1. The number of nitrogens with two attached hydrogens (primary N) is 1. The Balaban J connectivity index is 2.40. The normalized spacial score (nSPS) is 11.4. The molecule has 1 aromatic heterocycles. The summed E-state index contributed by atoms with van der Waals surface area (Å²) in [6, 6.07) is 6.85. The van der Waals surface area contributed by atoms with Gasteiger partial charge < -0.3 is 15.2 Å². The number of nitrogen functional groups attached to an aromatic ring is 1. The molecular formula is C14H15ClN2O5S. The second kappa shape index (κ2) is 7.03. The van der Waals surface area contributed by atoms with Gasteiger partial charge in [-0.1, -0.05) is 11.6 Å². The van der Waals surface area contributed by atoms with Crippen molar-refractivity contribution in [1.82, 2.24) is 3.97 Å². The van der Waals surface area contributed by atoms with Gasteiger partial charge in [-0.25, -0.2) is 17.2 Å². The maximum absolute atomic E-state index is 12.7. The first kappa shape index (κ1) is 17.3. The fourth-order valence-electron chi connectivity index (χ4n) is 1.86. The second-order valence-corrected chi connectivity index (χ2v) is 6.72. The van der Waals surface area contributed by atoms with E-state index in [9.17, 15) is 13.2 Å². The number of anilines is 1. The zero-order valence-corrected chi connectivity index (χ0v) is 13.8. The molecule has 9 heteroatoms. The summed E-state index contributed by atoms with van der Waals surface area (Å²) in [6.07, 6.45) is 1.24. The molecule has 0 aliphatic heterocycles. The van der Waals surface area contributed by atoms with E-state index < -0.39 is 16.0 Å². The minimum Gasteiger partial charge on any atom is -0.459 e. The van der Waals surface area contributed by atoms with Gasteiger partial charge in [-0.15, -0.1) is 0 Å². The molecule has 2 aromatic rings. The minimum absolute atomic E-state index is 0.0138. The van der Waals surface area contributed by atoms with Gasteiger partial charge in [0.25, 0.3) is 10.0 Å². The third-order valence-electron chi connectivity index (χ3n) is 2.96. The molecule has 1 aromatic carbocycles. The van der Waals surface area contributed by atoms with Gasteiger partial charge in [0.15, 0.2) is 0 Å². The Kier molecular flexibility index (Phi) is 5.30. The SMILES string of the molecule is COCCOC(=O)c1cccn1S(=O)(=O)c1cc(Cl)ccc1N. The number of nitrogens with zero attached hydrogens (tertiary/aromatic N) is 1. The molecule has 0 fully saturated rings. The lowest BCUT2D eigenvalue weighted by Gasteiger charge is -2.12. The highest BCUT2D eigenvalue weighted by Gasteiger charge is 2.25. The molecule has 2 N–H and O–H groups in total. The van der Waals surface area contributed by atoms with E-state index in [4.69, 9.17) is 26.8 Å². The van der Waals surface area contributed by atoms with Crippen LogP contribution in [0.25, 0.3) is 0 Å². The van der Waals surface area contributed by atoms with Crippen molar-refractivity contribution in [3.8, 4) is 0 Å². The quantitative estimate of drug-likeness (QED) is 0.479. The molecule has 0 bridgehead atoms. The summed E-state index contributed by atoms with van der Waals surface area (Å²) in [5.74, 6) is -0.781. The molecule has 0 atom stereocenters. The smallest absolute Gasteiger partial charge is 0.356 e. The number of esters is 1. The number of benzene rings is 1. The van der Waals surface area contributed by atoms with E-state index >= 15 is 0 Å². The predicted molar refractivity (Wildman–Crippen MR) is 85.0 cm³/mol. The number of carbonyl (C=O) groups is 1. The Morgan fingerprint density at radius 3 is 2.74 bits per heavy atom. The standard InChI is InChI=1S/C14H15ClN2O5S/c1-21-7-8-22-14(18)12-3-2-6-17(12)23(19,20)13-9-10(15)4-5-11(13)16/h2-6,9H,7-8,16H2,1H3.